The normalized spacial score (nSPS) is 11.6. The molecular weight excluding hydrogens is 444 g/mol. The number of aromatic nitrogens is 2. The van der Waals surface area contributed by atoms with Crippen LogP contribution in [-0.2, 0) is 10.5 Å². The summed E-state index contributed by atoms with van der Waals surface area (Å²) in [5, 5.41) is 15.9. The first-order chi connectivity index (χ1) is 15.6. The third-order valence-electron chi connectivity index (χ3n) is 4.63. The number of thioether (sulfide) groups is 1. The van der Waals surface area contributed by atoms with Gasteiger partial charge in [0.2, 0.25) is 0 Å². The van der Waals surface area contributed by atoms with Crippen LogP contribution in [0.3, 0.4) is 0 Å². The first kappa shape index (κ1) is 21.8. The van der Waals surface area contributed by atoms with E-state index in [0.29, 0.717) is 11.3 Å². The number of carbonyl (C=O) groups excluding carboxylic acids is 1. The second-order valence-corrected chi connectivity index (χ2v) is 8.83. The maximum Gasteiger partial charge on any atom is 0.303 e. The molecule has 0 unspecified atom stereocenters. The number of aromatic amines is 1. The zero-order valence-electron chi connectivity index (χ0n) is 16.9. The summed E-state index contributed by atoms with van der Waals surface area (Å²) < 4.78 is 0. The maximum absolute atomic E-state index is 12.5. The lowest BCUT2D eigenvalue weighted by Crippen LogP contribution is -2.20. The van der Waals surface area contributed by atoms with Gasteiger partial charge in [-0.25, -0.2) is 10.4 Å². The molecule has 0 aliphatic rings. The van der Waals surface area contributed by atoms with E-state index in [-0.39, 0.29) is 18.7 Å². The number of carboxylic acids is 1. The van der Waals surface area contributed by atoms with Crippen LogP contribution in [0.1, 0.15) is 33.6 Å². The van der Waals surface area contributed by atoms with Gasteiger partial charge in [0.05, 0.1) is 28.0 Å². The van der Waals surface area contributed by atoms with Crippen molar-refractivity contribution in [1.82, 2.24) is 15.4 Å². The Morgan fingerprint density at radius 1 is 1.06 bits per heavy atom. The average molecular weight is 465 g/mol. The highest BCUT2D eigenvalue weighted by atomic mass is 32.2. The number of carbonyl (C=O) groups is 2. The highest BCUT2D eigenvalue weighted by Crippen LogP contribution is 2.23. The average Bonchev–Trinajstić information content (AvgIpc) is 3.47. The minimum atomic E-state index is -0.906. The Bertz CT molecular complexity index is 1210. The Hall–Kier alpha value is -3.43. The highest BCUT2D eigenvalue weighted by Gasteiger charge is 2.11. The summed E-state index contributed by atoms with van der Waals surface area (Å²) in [5.41, 5.74) is 6.59. The topological polar surface area (TPSA) is 107 Å². The molecule has 2 heterocycles. The van der Waals surface area contributed by atoms with Gasteiger partial charge in [-0.1, -0.05) is 42.1 Å². The van der Waals surface area contributed by atoms with Crippen LogP contribution in [0, 0.1) is 0 Å². The second-order valence-electron chi connectivity index (χ2n) is 6.92. The van der Waals surface area contributed by atoms with E-state index in [1.807, 2.05) is 53.9 Å². The molecule has 0 aliphatic carbocycles. The number of hydrazone groups is 1. The number of thiophene rings is 1. The summed E-state index contributed by atoms with van der Waals surface area (Å²) in [6.45, 7) is 0. The van der Waals surface area contributed by atoms with E-state index in [4.69, 9.17) is 5.11 Å². The molecule has 0 fully saturated rings. The van der Waals surface area contributed by atoms with E-state index < -0.39 is 5.97 Å². The Kier molecular flexibility index (Phi) is 6.98. The van der Waals surface area contributed by atoms with Gasteiger partial charge in [0.25, 0.3) is 5.91 Å². The number of para-hydroxylation sites is 2. The summed E-state index contributed by atoms with van der Waals surface area (Å²) in [6, 6.07) is 18.9. The van der Waals surface area contributed by atoms with Gasteiger partial charge in [-0.15, -0.1) is 11.3 Å². The van der Waals surface area contributed by atoms with Crippen LogP contribution in [0.2, 0.25) is 0 Å². The molecule has 1 amide bonds. The lowest BCUT2D eigenvalue weighted by Gasteiger charge is -2.05. The Balaban J connectivity index is 1.36. The lowest BCUT2D eigenvalue weighted by molar-refractivity contribution is -0.136. The zero-order chi connectivity index (χ0) is 22.3. The molecule has 32 heavy (non-hydrogen) atoms. The van der Waals surface area contributed by atoms with Crippen molar-refractivity contribution in [3.63, 3.8) is 0 Å². The number of amides is 1. The van der Waals surface area contributed by atoms with Gasteiger partial charge in [0.1, 0.15) is 0 Å². The van der Waals surface area contributed by atoms with Crippen LogP contribution in [-0.4, -0.2) is 32.7 Å². The van der Waals surface area contributed by atoms with E-state index in [2.05, 4.69) is 20.5 Å². The molecule has 9 heteroatoms. The zero-order valence-corrected chi connectivity index (χ0v) is 18.6. The monoisotopic (exact) mass is 464 g/mol. The summed E-state index contributed by atoms with van der Waals surface area (Å²) in [5.74, 6) is -0.528. The van der Waals surface area contributed by atoms with Crippen LogP contribution >= 0.6 is 23.1 Å². The molecule has 7 nitrogen and oxygen atoms in total. The van der Waals surface area contributed by atoms with Crippen molar-refractivity contribution in [2.75, 3.05) is 0 Å². The molecule has 0 bridgehead atoms. The first-order valence-corrected chi connectivity index (χ1v) is 11.7. The second kappa shape index (κ2) is 10.3. The molecule has 2 aromatic carbocycles. The number of rotatable bonds is 9. The van der Waals surface area contributed by atoms with Crippen molar-refractivity contribution in [2.24, 2.45) is 5.10 Å². The molecule has 0 spiro atoms. The molecule has 0 saturated carbocycles. The van der Waals surface area contributed by atoms with Crippen LogP contribution in [0.5, 0.6) is 0 Å². The molecule has 0 atom stereocenters. The van der Waals surface area contributed by atoms with E-state index >= 15 is 0 Å². The third kappa shape index (κ3) is 5.63. The number of nitrogens with one attached hydrogen (secondary N) is 2. The fourth-order valence-corrected chi connectivity index (χ4v) is 4.57. The fourth-order valence-electron chi connectivity index (χ4n) is 2.99. The number of aliphatic carboxylic acids is 1. The van der Waals surface area contributed by atoms with Gasteiger partial charge in [-0.2, -0.15) is 5.10 Å². The number of hydrogen-bond donors (Lipinski definition) is 3. The number of imidazole rings is 1. The summed E-state index contributed by atoms with van der Waals surface area (Å²) in [4.78, 5) is 32.1. The molecule has 4 rings (SSSR count). The SMILES string of the molecule is O=C(O)CC/C(=N\NC(=O)c1ccc(CSc2nc3ccccc3[nH]2)cc1)c1cccs1. The minimum absolute atomic E-state index is 0.0514. The van der Waals surface area contributed by atoms with Gasteiger partial charge in [0.15, 0.2) is 5.16 Å². The lowest BCUT2D eigenvalue weighted by atomic mass is 10.1. The van der Waals surface area contributed by atoms with Crippen LogP contribution in [0.25, 0.3) is 11.0 Å². The molecule has 162 valence electrons. The first-order valence-electron chi connectivity index (χ1n) is 9.87. The molecule has 4 aromatic rings. The number of hydrogen-bond acceptors (Lipinski definition) is 6. The van der Waals surface area contributed by atoms with Gasteiger partial charge >= 0.3 is 5.97 Å². The highest BCUT2D eigenvalue weighted by molar-refractivity contribution is 7.98. The van der Waals surface area contributed by atoms with Crippen LogP contribution < -0.4 is 5.43 Å². The van der Waals surface area contributed by atoms with E-state index in [0.717, 1.165) is 32.4 Å². The number of carboxylic acid groups (broad SMARTS) is 1. The van der Waals surface area contributed by atoms with Crippen LogP contribution in [0.4, 0.5) is 0 Å². The molecule has 3 N–H and O–H groups in total. The molecule has 0 saturated heterocycles. The van der Waals surface area contributed by atoms with Gasteiger partial charge in [0, 0.05) is 17.7 Å². The van der Waals surface area contributed by atoms with Crippen molar-refractivity contribution in [3.05, 3.63) is 82.0 Å². The van der Waals surface area contributed by atoms with Gasteiger partial charge < -0.3 is 10.1 Å². The predicted octanol–water partition coefficient (Wildman–Crippen LogP) is 4.92. The summed E-state index contributed by atoms with van der Waals surface area (Å²) >= 11 is 3.05. The number of H-pyrrole nitrogens is 1. The van der Waals surface area contributed by atoms with Gasteiger partial charge in [-0.05, 0) is 41.3 Å². The van der Waals surface area contributed by atoms with E-state index in [1.165, 1.54) is 11.3 Å². The van der Waals surface area contributed by atoms with Crippen molar-refractivity contribution < 1.29 is 14.7 Å². The Morgan fingerprint density at radius 2 is 1.88 bits per heavy atom. The Labute approximate surface area is 192 Å². The van der Waals surface area contributed by atoms with Crippen molar-refractivity contribution in [2.45, 2.75) is 23.8 Å². The van der Waals surface area contributed by atoms with Crippen molar-refractivity contribution in [3.8, 4) is 0 Å². The fraction of sp³-hybridized carbons (Fsp3) is 0.130. The predicted molar refractivity (Wildman–Crippen MR) is 127 cm³/mol. The van der Waals surface area contributed by atoms with E-state index in [9.17, 15) is 9.59 Å². The summed E-state index contributed by atoms with van der Waals surface area (Å²) in [7, 11) is 0. The minimum Gasteiger partial charge on any atom is -0.481 e. The molecule has 0 radical (unpaired) electrons. The Morgan fingerprint density at radius 3 is 2.59 bits per heavy atom. The van der Waals surface area contributed by atoms with Gasteiger partial charge in [-0.3, -0.25) is 9.59 Å². The largest absolute Gasteiger partial charge is 0.481 e. The number of fused-ring (bicyclic) bond motifs is 1. The number of benzene rings is 2. The molecular formula is C23H20N4O3S2. The summed E-state index contributed by atoms with van der Waals surface area (Å²) in [6.07, 6.45) is 0.193. The van der Waals surface area contributed by atoms with Crippen molar-refractivity contribution in [1.29, 1.82) is 0 Å². The maximum atomic E-state index is 12.5. The van der Waals surface area contributed by atoms with Crippen LogP contribution in [0.15, 0.2) is 76.3 Å². The molecule has 2 aromatic heterocycles. The smallest absolute Gasteiger partial charge is 0.303 e. The van der Waals surface area contributed by atoms with Crippen molar-refractivity contribution >= 4 is 51.7 Å². The number of nitrogens with zero attached hydrogens (tertiary/aromatic N) is 2. The standard InChI is InChI=1S/C23H20N4O3S2/c28-21(29)12-11-19(20-6-3-13-31-20)26-27-22(30)16-9-7-15(8-10-16)14-32-23-24-17-4-1-2-5-18(17)25-23/h1-10,13H,11-12,14H2,(H,24,25)(H,27,30)(H,28,29)/b26-19+. The molecule has 0 aliphatic heterocycles. The third-order valence-corrected chi connectivity index (χ3v) is 6.50. The van der Waals surface area contributed by atoms with E-state index in [1.54, 1.807) is 23.9 Å². The quantitative estimate of drug-likeness (QED) is 0.185.